The molecule has 0 aromatic carbocycles. The van der Waals surface area contributed by atoms with Gasteiger partial charge >= 0.3 is 0 Å². The van der Waals surface area contributed by atoms with E-state index in [1.54, 1.807) is 11.9 Å². The highest BCUT2D eigenvalue weighted by molar-refractivity contribution is 9.11. The van der Waals surface area contributed by atoms with Gasteiger partial charge in [-0.2, -0.15) is 0 Å². The quantitative estimate of drug-likeness (QED) is 0.486. The van der Waals surface area contributed by atoms with E-state index in [0.29, 0.717) is 0 Å². The summed E-state index contributed by atoms with van der Waals surface area (Å²) >= 11 is 3.22. The van der Waals surface area contributed by atoms with Crippen LogP contribution >= 0.6 is 15.9 Å². The third-order valence-corrected chi connectivity index (χ3v) is 2.69. The fourth-order valence-corrected chi connectivity index (χ4v) is 1.78. The van der Waals surface area contributed by atoms with Gasteiger partial charge in [-0.05, 0) is 24.8 Å². The summed E-state index contributed by atoms with van der Waals surface area (Å²) in [4.78, 5) is 12.8. The van der Waals surface area contributed by atoms with Crippen molar-refractivity contribution in [1.29, 1.82) is 0 Å². The van der Waals surface area contributed by atoms with Gasteiger partial charge in [0.15, 0.2) is 5.78 Å². The van der Waals surface area contributed by atoms with Gasteiger partial charge < -0.3 is 0 Å². The zero-order valence-corrected chi connectivity index (χ0v) is 10.2. The minimum Gasteiger partial charge on any atom is -0.295 e. The topological polar surface area (TPSA) is 17.1 Å². The van der Waals surface area contributed by atoms with E-state index in [1.165, 1.54) is 25.7 Å². The fourth-order valence-electron chi connectivity index (χ4n) is 1.23. The highest BCUT2D eigenvalue weighted by atomic mass is 79.9. The molecular weight excluding hydrogens is 228 g/mol. The Balaban J connectivity index is 3.46. The van der Waals surface area contributed by atoms with Crippen molar-refractivity contribution in [2.45, 2.75) is 52.4 Å². The first kappa shape index (κ1) is 12.9. The lowest BCUT2D eigenvalue weighted by Crippen LogP contribution is -1.95. The van der Waals surface area contributed by atoms with E-state index in [4.69, 9.17) is 0 Å². The lowest BCUT2D eigenvalue weighted by atomic mass is 10.0. The molecule has 0 radical (unpaired) electrons. The van der Waals surface area contributed by atoms with Crippen molar-refractivity contribution in [3.05, 3.63) is 10.6 Å². The average molecular weight is 247 g/mol. The van der Waals surface area contributed by atoms with Gasteiger partial charge in [0.1, 0.15) is 0 Å². The number of unbranched alkanes of at least 4 members (excludes halogenated alkanes) is 4. The van der Waals surface area contributed by atoms with Gasteiger partial charge in [-0.3, -0.25) is 4.79 Å². The highest BCUT2D eigenvalue weighted by Crippen LogP contribution is 2.13. The molecule has 0 aromatic heterocycles. The molecule has 0 aromatic rings. The van der Waals surface area contributed by atoms with Crippen LogP contribution in [-0.2, 0) is 4.79 Å². The van der Waals surface area contributed by atoms with Crippen molar-refractivity contribution in [3.63, 3.8) is 0 Å². The Morgan fingerprint density at radius 1 is 1.23 bits per heavy atom. The molecule has 0 aliphatic heterocycles. The van der Waals surface area contributed by atoms with Crippen LogP contribution in [0.25, 0.3) is 0 Å². The Labute approximate surface area is 89.7 Å². The number of allylic oxidation sites excluding steroid dienone is 1. The highest BCUT2D eigenvalue weighted by Gasteiger charge is 2.01. The molecule has 0 heterocycles. The van der Waals surface area contributed by atoms with Crippen LogP contribution in [0.5, 0.6) is 0 Å². The average Bonchev–Trinajstić information content (AvgIpc) is 2.10. The second kappa shape index (κ2) is 8.49. The normalized spacial score (nSPS) is 11.8. The van der Waals surface area contributed by atoms with Gasteiger partial charge in [0.2, 0.25) is 0 Å². The van der Waals surface area contributed by atoms with Crippen molar-refractivity contribution in [2.75, 3.05) is 0 Å². The Morgan fingerprint density at radius 2 is 1.85 bits per heavy atom. The summed E-state index contributed by atoms with van der Waals surface area (Å²) in [6, 6.07) is 0. The molecule has 0 spiro atoms. The number of halogens is 1. The van der Waals surface area contributed by atoms with Crippen LogP contribution < -0.4 is 0 Å². The largest absolute Gasteiger partial charge is 0.295 e. The van der Waals surface area contributed by atoms with E-state index < -0.39 is 0 Å². The molecule has 2 heteroatoms. The summed E-state index contributed by atoms with van der Waals surface area (Å²) in [6.07, 6.45) is 7.18. The maximum atomic E-state index is 11.0. The molecule has 0 fully saturated rings. The SMILES string of the molecule is CCCCCCCC(=CBr)C(C)=O. The first-order chi connectivity index (χ1) is 6.22. The first-order valence-corrected chi connectivity index (χ1v) is 5.94. The molecule has 0 rings (SSSR count). The lowest BCUT2D eigenvalue weighted by Gasteiger charge is -2.01. The Kier molecular flexibility index (Phi) is 8.41. The van der Waals surface area contributed by atoms with E-state index in [9.17, 15) is 4.79 Å². The van der Waals surface area contributed by atoms with Crippen molar-refractivity contribution < 1.29 is 4.79 Å². The summed E-state index contributed by atoms with van der Waals surface area (Å²) in [5.74, 6) is 0.187. The van der Waals surface area contributed by atoms with Crippen molar-refractivity contribution >= 4 is 21.7 Å². The third-order valence-electron chi connectivity index (χ3n) is 2.13. The molecule has 1 nitrogen and oxygen atoms in total. The number of ketones is 1. The first-order valence-electron chi connectivity index (χ1n) is 5.02. The smallest absolute Gasteiger partial charge is 0.156 e. The number of rotatable bonds is 7. The van der Waals surface area contributed by atoms with Crippen molar-refractivity contribution in [2.24, 2.45) is 0 Å². The Morgan fingerprint density at radius 3 is 2.31 bits per heavy atom. The molecule has 0 N–H and O–H groups in total. The fraction of sp³-hybridized carbons (Fsp3) is 0.727. The number of carbonyl (C=O) groups excluding carboxylic acids is 1. The van der Waals surface area contributed by atoms with Gasteiger partial charge in [0.05, 0.1) is 0 Å². The van der Waals surface area contributed by atoms with Crippen LogP contribution in [0.1, 0.15) is 52.4 Å². The number of hydrogen-bond acceptors (Lipinski definition) is 1. The second-order valence-electron chi connectivity index (χ2n) is 3.35. The molecule has 0 unspecified atom stereocenters. The van der Waals surface area contributed by atoms with Gasteiger partial charge in [-0.15, -0.1) is 0 Å². The molecular formula is C11H19BrO. The zero-order valence-electron chi connectivity index (χ0n) is 8.61. The number of hydrogen-bond donors (Lipinski definition) is 0. The zero-order chi connectivity index (χ0) is 10.1. The molecule has 0 atom stereocenters. The van der Waals surface area contributed by atoms with E-state index in [0.717, 1.165) is 18.4 Å². The van der Waals surface area contributed by atoms with E-state index in [-0.39, 0.29) is 5.78 Å². The van der Waals surface area contributed by atoms with E-state index in [2.05, 4.69) is 22.9 Å². The standard InChI is InChI=1S/C11H19BrO/c1-3-4-5-6-7-8-11(9-12)10(2)13/h9H,3-8H2,1-2H3. The molecule has 13 heavy (non-hydrogen) atoms. The molecule has 0 saturated heterocycles. The van der Waals surface area contributed by atoms with Crippen LogP contribution in [0, 0.1) is 0 Å². The molecule has 0 saturated carbocycles. The van der Waals surface area contributed by atoms with Gasteiger partial charge in [-0.25, -0.2) is 0 Å². The summed E-state index contributed by atoms with van der Waals surface area (Å²) in [5.41, 5.74) is 0.913. The van der Waals surface area contributed by atoms with Crippen LogP contribution in [-0.4, -0.2) is 5.78 Å². The Hall–Kier alpha value is -0.110. The van der Waals surface area contributed by atoms with Crippen LogP contribution in [0.15, 0.2) is 10.6 Å². The monoisotopic (exact) mass is 246 g/mol. The van der Waals surface area contributed by atoms with Gasteiger partial charge in [-0.1, -0.05) is 48.5 Å². The van der Waals surface area contributed by atoms with Crippen molar-refractivity contribution in [1.82, 2.24) is 0 Å². The number of Topliss-reactive ketones (excluding diaryl/α,β-unsaturated/α-hetero) is 1. The van der Waals surface area contributed by atoms with E-state index >= 15 is 0 Å². The Bertz CT molecular complexity index is 173. The maximum Gasteiger partial charge on any atom is 0.156 e. The van der Waals surface area contributed by atoms with Crippen LogP contribution in [0.3, 0.4) is 0 Å². The second-order valence-corrected chi connectivity index (χ2v) is 3.81. The molecule has 76 valence electrons. The maximum absolute atomic E-state index is 11.0. The lowest BCUT2D eigenvalue weighted by molar-refractivity contribution is -0.113. The van der Waals surface area contributed by atoms with E-state index in [1.807, 2.05) is 0 Å². The molecule has 0 aliphatic carbocycles. The third kappa shape index (κ3) is 7.00. The minimum atomic E-state index is 0.187. The molecule has 0 amide bonds. The molecule has 0 aliphatic rings. The van der Waals surface area contributed by atoms with Crippen molar-refractivity contribution in [3.8, 4) is 0 Å². The van der Waals surface area contributed by atoms with Crippen LogP contribution in [0.2, 0.25) is 0 Å². The molecule has 0 bridgehead atoms. The van der Waals surface area contributed by atoms with Gasteiger partial charge in [0, 0.05) is 5.57 Å². The summed E-state index contributed by atoms with van der Waals surface area (Å²) in [5, 5.41) is 0. The number of carbonyl (C=O) groups is 1. The minimum absolute atomic E-state index is 0.187. The predicted octanol–water partition coefficient (Wildman–Crippen LogP) is 4.21. The predicted molar refractivity (Wildman–Crippen MR) is 61.1 cm³/mol. The van der Waals surface area contributed by atoms with Gasteiger partial charge in [0.25, 0.3) is 0 Å². The van der Waals surface area contributed by atoms with Crippen LogP contribution in [0.4, 0.5) is 0 Å². The summed E-state index contributed by atoms with van der Waals surface area (Å²) in [6.45, 7) is 3.83. The summed E-state index contributed by atoms with van der Waals surface area (Å²) in [7, 11) is 0. The summed E-state index contributed by atoms with van der Waals surface area (Å²) < 4.78 is 0.